The molecule has 90 valence electrons. The molecule has 0 atom stereocenters. The van der Waals surface area contributed by atoms with Crippen LogP contribution in [0.5, 0.6) is 5.75 Å². The molecule has 1 N–H and O–H groups in total. The van der Waals surface area contributed by atoms with E-state index in [-0.39, 0.29) is 11.1 Å². The number of unbranched alkanes of at least 4 members (excludes halogenated alkanes) is 2. The maximum Gasteiger partial charge on any atom is 0.335 e. The highest BCUT2D eigenvalue weighted by Crippen LogP contribution is 2.19. The summed E-state index contributed by atoms with van der Waals surface area (Å²) >= 11 is 0. The van der Waals surface area contributed by atoms with E-state index >= 15 is 0 Å². The van der Waals surface area contributed by atoms with Gasteiger partial charge in [0, 0.05) is 0 Å². The summed E-state index contributed by atoms with van der Waals surface area (Å²) < 4.78 is 5.45. The molecule has 0 fully saturated rings. The molecule has 0 radical (unpaired) electrons. The highest BCUT2D eigenvalue weighted by atomic mass is 16.5. The van der Waals surface area contributed by atoms with Crippen LogP contribution in [-0.2, 0) is 0 Å². The topological polar surface area (TPSA) is 70.3 Å². The van der Waals surface area contributed by atoms with E-state index in [4.69, 9.17) is 15.1 Å². The Hall–Kier alpha value is -2.02. The molecule has 0 saturated heterocycles. The number of carboxylic acid groups (broad SMARTS) is 1. The molecule has 0 aliphatic rings. The fourth-order valence-electron chi connectivity index (χ4n) is 1.41. The summed E-state index contributed by atoms with van der Waals surface area (Å²) in [6, 6.07) is 6.25. The van der Waals surface area contributed by atoms with Crippen molar-refractivity contribution in [3.63, 3.8) is 0 Å². The monoisotopic (exact) mass is 233 g/mol. The molecule has 17 heavy (non-hydrogen) atoms. The van der Waals surface area contributed by atoms with Gasteiger partial charge in [-0.15, -0.1) is 0 Å². The van der Waals surface area contributed by atoms with Crippen molar-refractivity contribution in [2.45, 2.75) is 26.2 Å². The van der Waals surface area contributed by atoms with Crippen LogP contribution in [0.2, 0.25) is 0 Å². The van der Waals surface area contributed by atoms with Crippen LogP contribution in [0.15, 0.2) is 18.2 Å². The summed E-state index contributed by atoms with van der Waals surface area (Å²) in [5, 5.41) is 17.7. The maximum atomic E-state index is 10.7. The Kier molecular flexibility index (Phi) is 5.02. The third-order valence-electron chi connectivity index (χ3n) is 2.35. The lowest BCUT2D eigenvalue weighted by Gasteiger charge is -2.07. The van der Waals surface area contributed by atoms with Crippen molar-refractivity contribution in [2.75, 3.05) is 6.61 Å². The Labute approximate surface area is 100 Å². The third-order valence-corrected chi connectivity index (χ3v) is 2.35. The first-order valence-electron chi connectivity index (χ1n) is 5.59. The van der Waals surface area contributed by atoms with Gasteiger partial charge in [-0.2, -0.15) is 5.26 Å². The normalized spacial score (nSPS) is 9.65. The fraction of sp³-hybridized carbons (Fsp3) is 0.385. The molecule has 0 bridgehead atoms. The zero-order valence-corrected chi connectivity index (χ0v) is 9.77. The molecular formula is C13H15NO3. The van der Waals surface area contributed by atoms with E-state index in [2.05, 4.69) is 6.92 Å². The first kappa shape index (κ1) is 13.0. The van der Waals surface area contributed by atoms with E-state index in [9.17, 15) is 4.79 Å². The minimum atomic E-state index is -1.04. The highest BCUT2D eigenvalue weighted by molar-refractivity contribution is 5.88. The highest BCUT2D eigenvalue weighted by Gasteiger charge is 2.08. The second kappa shape index (κ2) is 6.54. The van der Waals surface area contributed by atoms with Crippen LogP contribution < -0.4 is 4.74 Å². The summed E-state index contributed by atoms with van der Waals surface area (Å²) in [4.78, 5) is 10.7. The molecule has 0 spiro atoms. The molecule has 0 amide bonds. The largest absolute Gasteiger partial charge is 0.492 e. The van der Waals surface area contributed by atoms with E-state index in [0.717, 1.165) is 19.3 Å². The number of hydrogen-bond donors (Lipinski definition) is 1. The van der Waals surface area contributed by atoms with Crippen LogP contribution in [0.3, 0.4) is 0 Å². The molecule has 0 heterocycles. The second-order valence-electron chi connectivity index (χ2n) is 3.68. The first-order valence-corrected chi connectivity index (χ1v) is 5.59. The Morgan fingerprint density at radius 3 is 2.82 bits per heavy atom. The van der Waals surface area contributed by atoms with Crippen molar-refractivity contribution in [3.8, 4) is 11.8 Å². The molecule has 1 rings (SSSR count). The average molecular weight is 233 g/mol. The van der Waals surface area contributed by atoms with Gasteiger partial charge in [-0.05, 0) is 24.6 Å². The van der Waals surface area contributed by atoms with Crippen LogP contribution in [0, 0.1) is 11.3 Å². The Morgan fingerprint density at radius 1 is 1.47 bits per heavy atom. The number of carboxylic acids is 1. The van der Waals surface area contributed by atoms with Gasteiger partial charge in [-0.25, -0.2) is 4.79 Å². The van der Waals surface area contributed by atoms with E-state index in [1.165, 1.54) is 18.2 Å². The molecule has 4 nitrogen and oxygen atoms in total. The molecule has 0 aliphatic carbocycles. The Balaban J connectivity index is 2.73. The summed E-state index contributed by atoms with van der Waals surface area (Å²) in [7, 11) is 0. The summed E-state index contributed by atoms with van der Waals surface area (Å²) in [6.45, 7) is 2.65. The molecule has 0 aliphatic heterocycles. The van der Waals surface area contributed by atoms with Gasteiger partial charge >= 0.3 is 5.97 Å². The minimum absolute atomic E-state index is 0.0995. The van der Waals surface area contributed by atoms with Crippen LogP contribution in [0.4, 0.5) is 0 Å². The lowest BCUT2D eigenvalue weighted by molar-refractivity contribution is 0.0697. The Morgan fingerprint density at radius 2 is 2.24 bits per heavy atom. The fourth-order valence-corrected chi connectivity index (χ4v) is 1.41. The molecule has 4 heteroatoms. The van der Waals surface area contributed by atoms with Crippen LogP contribution in [0.25, 0.3) is 0 Å². The number of nitrogens with zero attached hydrogens (tertiary/aromatic N) is 1. The van der Waals surface area contributed by atoms with Gasteiger partial charge in [0.1, 0.15) is 11.8 Å². The van der Waals surface area contributed by atoms with E-state index in [1.807, 2.05) is 6.07 Å². The van der Waals surface area contributed by atoms with Gasteiger partial charge in [-0.1, -0.05) is 19.8 Å². The number of aromatic carboxylic acids is 1. The zero-order chi connectivity index (χ0) is 12.7. The van der Waals surface area contributed by atoms with Crippen molar-refractivity contribution >= 4 is 5.97 Å². The number of ether oxygens (including phenoxy) is 1. The van der Waals surface area contributed by atoms with Crippen molar-refractivity contribution in [3.05, 3.63) is 29.3 Å². The summed E-state index contributed by atoms with van der Waals surface area (Å²) in [5.74, 6) is -0.590. The maximum absolute atomic E-state index is 10.7. The molecule has 0 aromatic heterocycles. The zero-order valence-electron chi connectivity index (χ0n) is 9.77. The van der Waals surface area contributed by atoms with Gasteiger partial charge in [0.25, 0.3) is 0 Å². The van der Waals surface area contributed by atoms with Gasteiger partial charge in [-0.3, -0.25) is 0 Å². The smallest absolute Gasteiger partial charge is 0.335 e. The third kappa shape index (κ3) is 3.80. The molecule has 1 aromatic carbocycles. The molecular weight excluding hydrogens is 218 g/mol. The van der Waals surface area contributed by atoms with Gasteiger partial charge in [0.15, 0.2) is 0 Å². The van der Waals surface area contributed by atoms with E-state index < -0.39 is 5.97 Å². The van der Waals surface area contributed by atoms with Crippen molar-refractivity contribution in [2.24, 2.45) is 0 Å². The number of rotatable bonds is 6. The number of nitriles is 1. The van der Waals surface area contributed by atoms with E-state index in [0.29, 0.717) is 12.4 Å². The number of benzene rings is 1. The standard InChI is InChI=1S/C13H15NO3/c1-2-3-4-7-17-12-6-5-10(13(15)16)8-11(12)9-14/h5-6,8H,2-4,7H2,1H3,(H,15,16). The summed E-state index contributed by atoms with van der Waals surface area (Å²) in [5.41, 5.74) is 0.365. The predicted octanol–water partition coefficient (Wildman–Crippen LogP) is 2.83. The van der Waals surface area contributed by atoms with Gasteiger partial charge in [0.2, 0.25) is 0 Å². The van der Waals surface area contributed by atoms with Crippen molar-refractivity contribution < 1.29 is 14.6 Å². The predicted molar refractivity (Wildman–Crippen MR) is 63.1 cm³/mol. The molecule has 0 saturated carbocycles. The van der Waals surface area contributed by atoms with Crippen molar-refractivity contribution in [1.29, 1.82) is 5.26 Å². The molecule has 0 unspecified atom stereocenters. The number of carbonyl (C=O) groups is 1. The van der Waals surface area contributed by atoms with Gasteiger partial charge in [0.05, 0.1) is 17.7 Å². The van der Waals surface area contributed by atoms with Crippen LogP contribution in [0.1, 0.15) is 42.1 Å². The minimum Gasteiger partial charge on any atom is -0.492 e. The van der Waals surface area contributed by atoms with Crippen molar-refractivity contribution in [1.82, 2.24) is 0 Å². The van der Waals surface area contributed by atoms with Gasteiger partial charge < -0.3 is 9.84 Å². The second-order valence-corrected chi connectivity index (χ2v) is 3.68. The summed E-state index contributed by atoms with van der Waals surface area (Å²) in [6.07, 6.45) is 3.11. The SMILES string of the molecule is CCCCCOc1ccc(C(=O)O)cc1C#N. The van der Waals surface area contributed by atoms with E-state index in [1.54, 1.807) is 0 Å². The average Bonchev–Trinajstić information content (AvgIpc) is 2.34. The lowest BCUT2D eigenvalue weighted by atomic mass is 10.1. The quantitative estimate of drug-likeness (QED) is 0.767. The lowest BCUT2D eigenvalue weighted by Crippen LogP contribution is -2.01. The van der Waals surface area contributed by atoms with Crippen LogP contribution in [-0.4, -0.2) is 17.7 Å². The first-order chi connectivity index (χ1) is 8.19. The van der Waals surface area contributed by atoms with Crippen LogP contribution >= 0.6 is 0 Å². The molecule has 1 aromatic rings. The number of hydrogen-bond acceptors (Lipinski definition) is 3. The Bertz CT molecular complexity index is 435.